The number of likely N-dealkylation sites (tertiary alicyclic amines) is 1. The molecule has 0 unspecified atom stereocenters. The van der Waals surface area contributed by atoms with Crippen molar-refractivity contribution in [3.63, 3.8) is 0 Å². The molecule has 9 heteroatoms. The van der Waals surface area contributed by atoms with Crippen LogP contribution >= 0.6 is 0 Å². The van der Waals surface area contributed by atoms with E-state index in [4.69, 9.17) is 9.47 Å². The molecule has 2 aromatic heterocycles. The third-order valence-corrected chi connectivity index (χ3v) is 6.36. The van der Waals surface area contributed by atoms with Crippen LogP contribution in [0.15, 0.2) is 30.0 Å². The number of benzene rings is 1. The van der Waals surface area contributed by atoms with Crippen LogP contribution in [-0.4, -0.2) is 57.3 Å². The van der Waals surface area contributed by atoms with E-state index in [1.165, 1.54) is 4.90 Å². The normalized spacial score (nSPS) is 17.5. The Kier molecular flexibility index (Phi) is 5.24. The first-order valence-corrected chi connectivity index (χ1v) is 10.9. The van der Waals surface area contributed by atoms with Crippen molar-refractivity contribution in [2.45, 2.75) is 26.2 Å². The smallest absolute Gasteiger partial charge is 0.407 e. The highest BCUT2D eigenvalue weighted by atomic mass is 16.5. The van der Waals surface area contributed by atoms with E-state index < -0.39 is 6.09 Å². The van der Waals surface area contributed by atoms with Crippen LogP contribution in [0, 0.1) is 12.8 Å². The summed E-state index contributed by atoms with van der Waals surface area (Å²) in [5.41, 5.74) is 3.44. The predicted molar refractivity (Wildman–Crippen MR) is 121 cm³/mol. The minimum atomic E-state index is -0.883. The van der Waals surface area contributed by atoms with Crippen molar-refractivity contribution in [3.05, 3.63) is 52.5 Å². The van der Waals surface area contributed by atoms with Crippen molar-refractivity contribution >= 4 is 29.0 Å². The number of nitrogens with zero attached hydrogens (tertiary/aromatic N) is 3. The Bertz CT molecular complexity index is 1290. The van der Waals surface area contributed by atoms with Gasteiger partial charge in [-0.05, 0) is 56.4 Å². The quantitative estimate of drug-likeness (QED) is 0.583. The lowest BCUT2D eigenvalue weighted by Crippen LogP contribution is -2.37. The molecule has 5 rings (SSSR count). The molecule has 1 amide bonds. The number of carbonyl (C=O) groups excluding carboxylic acids is 1. The molecular formula is C24H24N4O5. The van der Waals surface area contributed by atoms with E-state index in [-0.39, 0.29) is 17.5 Å². The predicted octanol–water partition coefficient (Wildman–Crippen LogP) is 3.82. The van der Waals surface area contributed by atoms with Crippen LogP contribution in [-0.2, 0) is 6.42 Å². The zero-order valence-electron chi connectivity index (χ0n) is 18.4. The highest BCUT2D eigenvalue weighted by molar-refractivity contribution is 6.15. The summed E-state index contributed by atoms with van der Waals surface area (Å²) in [6.07, 6.45) is 2.91. The fourth-order valence-corrected chi connectivity index (χ4v) is 4.55. The molecule has 0 aliphatic carbocycles. The fourth-order valence-electron chi connectivity index (χ4n) is 4.55. The van der Waals surface area contributed by atoms with Gasteiger partial charge in [-0.1, -0.05) is 0 Å². The summed E-state index contributed by atoms with van der Waals surface area (Å²) in [5, 5.41) is 17.2. The minimum Gasteiger partial charge on any atom is -0.496 e. The van der Waals surface area contributed by atoms with E-state index in [1.807, 2.05) is 19.1 Å². The number of hydrogen-bond acceptors (Lipinski definition) is 6. The Morgan fingerprint density at radius 2 is 2.09 bits per heavy atom. The molecule has 3 aromatic rings. The van der Waals surface area contributed by atoms with E-state index in [1.54, 1.807) is 25.3 Å². The highest BCUT2D eigenvalue weighted by Gasteiger charge is 2.33. The number of pyridine rings is 1. The van der Waals surface area contributed by atoms with E-state index in [0.29, 0.717) is 47.9 Å². The summed E-state index contributed by atoms with van der Waals surface area (Å²) < 4.78 is 11.7. The van der Waals surface area contributed by atoms with Gasteiger partial charge in [0, 0.05) is 35.8 Å². The van der Waals surface area contributed by atoms with Crippen LogP contribution in [0.25, 0.3) is 17.1 Å². The highest BCUT2D eigenvalue weighted by Crippen LogP contribution is 2.42. The van der Waals surface area contributed by atoms with Gasteiger partial charge in [-0.25, -0.2) is 9.78 Å². The van der Waals surface area contributed by atoms with Crippen molar-refractivity contribution in [3.8, 4) is 11.5 Å². The maximum Gasteiger partial charge on any atom is 0.407 e. The van der Waals surface area contributed by atoms with E-state index in [0.717, 1.165) is 29.5 Å². The van der Waals surface area contributed by atoms with Crippen LogP contribution in [0.5, 0.6) is 11.5 Å². The van der Waals surface area contributed by atoms with Crippen molar-refractivity contribution in [2.75, 3.05) is 20.2 Å². The monoisotopic (exact) mass is 448 g/mol. The van der Waals surface area contributed by atoms with Gasteiger partial charge in [0.2, 0.25) is 5.78 Å². The Morgan fingerprint density at radius 1 is 1.30 bits per heavy atom. The Morgan fingerprint density at radius 3 is 2.82 bits per heavy atom. The topological polar surface area (TPSA) is 118 Å². The second-order valence-electron chi connectivity index (χ2n) is 8.44. The molecule has 0 atom stereocenters. The number of nitrogens with one attached hydrogen (secondary N) is 1. The summed E-state index contributed by atoms with van der Waals surface area (Å²) >= 11 is 0. The molecule has 4 heterocycles. The molecule has 1 saturated heterocycles. The number of H-pyrrole nitrogens is 1. The van der Waals surface area contributed by atoms with Crippen LogP contribution < -0.4 is 9.47 Å². The molecule has 2 aliphatic rings. The van der Waals surface area contributed by atoms with Gasteiger partial charge in [0.05, 0.1) is 18.4 Å². The Hall–Kier alpha value is -3.88. The maximum absolute atomic E-state index is 13.1. The molecule has 1 fully saturated rings. The first kappa shape index (κ1) is 21.0. The molecule has 0 saturated carbocycles. The summed E-state index contributed by atoms with van der Waals surface area (Å²) in [5.74, 6) is 1.45. The number of carbonyl (C=O) groups is 2. The van der Waals surface area contributed by atoms with Crippen molar-refractivity contribution in [1.29, 1.82) is 0 Å². The number of ether oxygens (including phenoxy) is 2. The minimum absolute atomic E-state index is 0.203. The zero-order chi connectivity index (χ0) is 23.1. The first-order valence-electron chi connectivity index (χ1n) is 10.9. The van der Waals surface area contributed by atoms with Gasteiger partial charge < -0.3 is 19.5 Å². The van der Waals surface area contributed by atoms with Crippen molar-refractivity contribution in [2.24, 2.45) is 5.92 Å². The number of allylic oxidation sites excluding steroid dienone is 1. The van der Waals surface area contributed by atoms with Gasteiger partial charge in [0.15, 0.2) is 11.4 Å². The molecule has 2 aliphatic heterocycles. The number of aromatic amines is 1. The molecule has 170 valence electrons. The van der Waals surface area contributed by atoms with Crippen LogP contribution in [0.3, 0.4) is 0 Å². The standard InChI is InChI=1S/C24H24N4O5/c1-13-3-4-15-18(26-27-23(15)25-13)12-20-21(29)16-5-6-19(32-2)17(22(16)33-20)11-14-7-9-28(10-8-14)24(30)31/h3-6,12,14H,7-11H2,1-2H3,(H,30,31)(H,25,26,27)/b20-12-. The summed E-state index contributed by atoms with van der Waals surface area (Å²) in [4.78, 5) is 30.2. The van der Waals surface area contributed by atoms with Crippen molar-refractivity contribution < 1.29 is 24.2 Å². The number of amides is 1. The number of aromatic nitrogens is 3. The van der Waals surface area contributed by atoms with Crippen LogP contribution in [0.4, 0.5) is 4.79 Å². The molecule has 2 N–H and O–H groups in total. The second kappa shape index (κ2) is 8.23. The third-order valence-electron chi connectivity index (χ3n) is 6.36. The number of methoxy groups -OCH3 is 1. The number of piperidine rings is 1. The van der Waals surface area contributed by atoms with Crippen LogP contribution in [0.1, 0.15) is 40.2 Å². The lowest BCUT2D eigenvalue weighted by Gasteiger charge is -2.30. The van der Waals surface area contributed by atoms with Gasteiger partial charge in [-0.3, -0.25) is 9.89 Å². The number of hydrogen-bond donors (Lipinski definition) is 2. The molecular weight excluding hydrogens is 424 g/mol. The Labute approximate surface area is 190 Å². The molecule has 0 spiro atoms. The molecule has 0 bridgehead atoms. The van der Waals surface area contributed by atoms with Gasteiger partial charge in [0.25, 0.3) is 0 Å². The fraction of sp³-hybridized carbons (Fsp3) is 0.333. The second-order valence-corrected chi connectivity index (χ2v) is 8.44. The van der Waals surface area contributed by atoms with Gasteiger partial charge >= 0.3 is 6.09 Å². The molecule has 1 aromatic carbocycles. The zero-order valence-corrected chi connectivity index (χ0v) is 18.4. The maximum atomic E-state index is 13.1. The van der Waals surface area contributed by atoms with Crippen LogP contribution in [0.2, 0.25) is 0 Å². The average Bonchev–Trinajstić information content (AvgIpc) is 3.35. The van der Waals surface area contributed by atoms with Gasteiger partial charge in [0.1, 0.15) is 11.5 Å². The van der Waals surface area contributed by atoms with E-state index in [2.05, 4.69) is 15.2 Å². The number of Topliss-reactive ketones (excluding diaryl/α,β-unsaturated/α-hetero) is 1. The lowest BCUT2D eigenvalue weighted by atomic mass is 9.88. The van der Waals surface area contributed by atoms with Gasteiger partial charge in [-0.2, -0.15) is 5.10 Å². The molecule has 33 heavy (non-hydrogen) atoms. The Balaban J connectivity index is 1.44. The third kappa shape index (κ3) is 3.79. The SMILES string of the molecule is COc1ccc2c(c1CC1CCN(C(=O)O)CC1)O/C(=C\c1n[nH]c3nc(C)ccc13)C2=O. The van der Waals surface area contributed by atoms with E-state index in [9.17, 15) is 14.7 Å². The van der Waals surface area contributed by atoms with E-state index >= 15 is 0 Å². The number of carboxylic acid groups (broad SMARTS) is 1. The van der Waals surface area contributed by atoms with Gasteiger partial charge in [-0.15, -0.1) is 0 Å². The number of ketones is 1. The molecule has 0 radical (unpaired) electrons. The summed E-state index contributed by atoms with van der Waals surface area (Å²) in [6.45, 7) is 2.91. The number of rotatable bonds is 4. The summed E-state index contributed by atoms with van der Waals surface area (Å²) in [7, 11) is 1.59. The largest absolute Gasteiger partial charge is 0.496 e. The van der Waals surface area contributed by atoms with Crippen molar-refractivity contribution in [1.82, 2.24) is 20.1 Å². The summed E-state index contributed by atoms with van der Waals surface area (Å²) in [6, 6.07) is 7.32. The lowest BCUT2D eigenvalue weighted by molar-refractivity contribution is 0.101. The average molecular weight is 448 g/mol. The number of aryl methyl sites for hydroxylation is 1. The number of fused-ring (bicyclic) bond motifs is 2. The molecule has 9 nitrogen and oxygen atoms in total. The first-order chi connectivity index (χ1) is 15.9.